The minimum Gasteiger partial charge on any atom is -0.444 e. The average molecular weight is 478 g/mol. The molecule has 35 heavy (non-hydrogen) atoms. The Labute approximate surface area is 209 Å². The fourth-order valence-corrected chi connectivity index (χ4v) is 4.76. The Morgan fingerprint density at radius 1 is 0.857 bits per heavy atom. The van der Waals surface area contributed by atoms with Gasteiger partial charge in [-0.05, 0) is 89.4 Å². The van der Waals surface area contributed by atoms with E-state index in [0.29, 0.717) is 19.1 Å². The fraction of sp³-hybridized carbons (Fsp3) is 0.517. The van der Waals surface area contributed by atoms with Gasteiger partial charge in [0, 0.05) is 37.3 Å². The fourth-order valence-electron chi connectivity index (χ4n) is 4.76. The summed E-state index contributed by atoms with van der Waals surface area (Å²) >= 11 is 0. The van der Waals surface area contributed by atoms with Gasteiger partial charge >= 0.3 is 6.09 Å². The van der Waals surface area contributed by atoms with E-state index in [0.717, 1.165) is 48.9 Å². The van der Waals surface area contributed by atoms with Crippen LogP contribution in [-0.2, 0) is 11.3 Å². The molecule has 1 aliphatic carbocycles. The predicted molar refractivity (Wildman–Crippen MR) is 139 cm³/mol. The van der Waals surface area contributed by atoms with Crippen LogP contribution in [0.2, 0.25) is 0 Å². The van der Waals surface area contributed by atoms with E-state index in [1.807, 2.05) is 45.0 Å². The van der Waals surface area contributed by atoms with Gasteiger partial charge in [0.25, 0.3) is 5.91 Å². The first-order chi connectivity index (χ1) is 16.6. The third-order valence-corrected chi connectivity index (χ3v) is 6.60. The van der Waals surface area contributed by atoms with Crippen LogP contribution in [0.5, 0.6) is 0 Å². The number of benzene rings is 2. The molecule has 2 amide bonds. The Kier molecular flexibility index (Phi) is 7.50. The molecule has 0 aromatic heterocycles. The second-order valence-corrected chi connectivity index (χ2v) is 11.2. The monoisotopic (exact) mass is 477 g/mol. The Morgan fingerprint density at radius 3 is 1.86 bits per heavy atom. The molecule has 0 N–H and O–H groups in total. The molecule has 0 spiro atoms. The number of carbonyl (C=O) groups is 2. The van der Waals surface area contributed by atoms with Crippen LogP contribution in [0.3, 0.4) is 0 Å². The number of nitrogens with zero attached hydrogens (tertiary/aromatic N) is 3. The summed E-state index contributed by atoms with van der Waals surface area (Å²) in [6.07, 6.45) is 3.45. The molecule has 0 unspecified atom stereocenters. The summed E-state index contributed by atoms with van der Waals surface area (Å²) in [5, 5.41) is 0. The summed E-state index contributed by atoms with van der Waals surface area (Å²) in [5.74, 6) is 0.107. The van der Waals surface area contributed by atoms with E-state index in [-0.39, 0.29) is 18.0 Å². The van der Waals surface area contributed by atoms with Crippen LogP contribution in [0.1, 0.15) is 62.4 Å². The Bertz CT molecular complexity index is 1010. The molecule has 1 saturated heterocycles. The van der Waals surface area contributed by atoms with Gasteiger partial charge in [0.1, 0.15) is 5.60 Å². The van der Waals surface area contributed by atoms with Crippen molar-refractivity contribution in [2.24, 2.45) is 0 Å². The van der Waals surface area contributed by atoms with Crippen LogP contribution in [0.25, 0.3) is 11.1 Å². The Morgan fingerprint density at radius 2 is 1.37 bits per heavy atom. The van der Waals surface area contributed by atoms with Gasteiger partial charge in [-0.1, -0.05) is 36.4 Å². The average Bonchev–Trinajstić information content (AvgIpc) is 3.64. The first kappa shape index (κ1) is 25.2. The van der Waals surface area contributed by atoms with Gasteiger partial charge in [-0.25, -0.2) is 4.79 Å². The molecular formula is C29H39N3O3. The smallest absolute Gasteiger partial charge is 0.410 e. The molecule has 188 valence electrons. The second-order valence-electron chi connectivity index (χ2n) is 11.2. The van der Waals surface area contributed by atoms with Crippen LogP contribution >= 0.6 is 0 Å². The van der Waals surface area contributed by atoms with E-state index in [1.165, 1.54) is 5.56 Å². The lowest BCUT2D eigenvalue weighted by Gasteiger charge is -2.39. The summed E-state index contributed by atoms with van der Waals surface area (Å²) in [7, 11) is 4.14. The SMILES string of the molecule is CN(C)Cc1ccc(-c2ccc(C(=O)N(C3CC3)C3CCN(C(=O)OC(C)(C)C)CC3)cc2)cc1. The maximum Gasteiger partial charge on any atom is 0.410 e. The summed E-state index contributed by atoms with van der Waals surface area (Å²) in [6, 6.07) is 17.1. The maximum absolute atomic E-state index is 13.5. The lowest BCUT2D eigenvalue weighted by atomic mass is 10.00. The molecule has 1 saturated carbocycles. The predicted octanol–water partition coefficient (Wildman–Crippen LogP) is 5.42. The first-order valence-electron chi connectivity index (χ1n) is 12.8. The first-order valence-corrected chi connectivity index (χ1v) is 12.8. The molecule has 2 aromatic rings. The summed E-state index contributed by atoms with van der Waals surface area (Å²) in [4.78, 5) is 32.0. The van der Waals surface area contributed by atoms with Crippen LogP contribution in [-0.4, -0.2) is 71.6 Å². The molecule has 4 rings (SSSR count). The molecule has 1 heterocycles. The number of piperidine rings is 1. The number of rotatable bonds is 6. The highest BCUT2D eigenvalue weighted by molar-refractivity contribution is 5.95. The van der Waals surface area contributed by atoms with Crippen molar-refractivity contribution in [3.63, 3.8) is 0 Å². The quantitative estimate of drug-likeness (QED) is 0.558. The van der Waals surface area contributed by atoms with Gasteiger partial charge in [0.2, 0.25) is 0 Å². The topological polar surface area (TPSA) is 53.1 Å². The number of hydrogen-bond donors (Lipinski definition) is 0. The van der Waals surface area contributed by atoms with E-state index in [4.69, 9.17) is 4.74 Å². The zero-order valence-electron chi connectivity index (χ0n) is 21.8. The molecule has 2 aromatic carbocycles. The van der Waals surface area contributed by atoms with E-state index >= 15 is 0 Å². The largest absolute Gasteiger partial charge is 0.444 e. The number of hydrogen-bond acceptors (Lipinski definition) is 4. The Balaban J connectivity index is 1.40. The van der Waals surface area contributed by atoms with Crippen molar-refractivity contribution in [3.8, 4) is 11.1 Å². The summed E-state index contributed by atoms with van der Waals surface area (Å²) < 4.78 is 5.52. The van der Waals surface area contributed by atoms with Gasteiger partial charge in [0.05, 0.1) is 0 Å². The third kappa shape index (κ3) is 6.63. The highest BCUT2D eigenvalue weighted by atomic mass is 16.6. The van der Waals surface area contributed by atoms with Crippen molar-refractivity contribution in [1.29, 1.82) is 0 Å². The van der Waals surface area contributed by atoms with Crippen LogP contribution in [0, 0.1) is 0 Å². The zero-order chi connectivity index (χ0) is 25.2. The van der Waals surface area contributed by atoms with Gasteiger partial charge in [-0.15, -0.1) is 0 Å². The van der Waals surface area contributed by atoms with Crippen LogP contribution in [0.15, 0.2) is 48.5 Å². The molecule has 1 aliphatic heterocycles. The molecule has 2 aliphatic rings. The molecule has 6 heteroatoms. The highest BCUT2D eigenvalue weighted by Crippen LogP contribution is 2.34. The minimum atomic E-state index is -0.496. The summed E-state index contributed by atoms with van der Waals surface area (Å²) in [6.45, 7) is 7.82. The molecule has 0 bridgehead atoms. The molecule has 2 fully saturated rings. The van der Waals surface area contributed by atoms with Crippen molar-refractivity contribution in [2.75, 3.05) is 27.2 Å². The lowest BCUT2D eigenvalue weighted by molar-refractivity contribution is 0.0142. The van der Waals surface area contributed by atoms with E-state index in [9.17, 15) is 9.59 Å². The normalized spacial score (nSPS) is 16.9. The van der Waals surface area contributed by atoms with Crippen molar-refractivity contribution in [3.05, 3.63) is 59.7 Å². The number of ether oxygens (including phenoxy) is 1. The van der Waals surface area contributed by atoms with Gasteiger partial charge < -0.3 is 19.4 Å². The molecule has 6 nitrogen and oxygen atoms in total. The van der Waals surface area contributed by atoms with E-state index < -0.39 is 5.60 Å². The number of amides is 2. The van der Waals surface area contributed by atoms with Crippen molar-refractivity contribution in [2.45, 2.75) is 70.7 Å². The number of likely N-dealkylation sites (tertiary alicyclic amines) is 1. The maximum atomic E-state index is 13.5. The zero-order valence-corrected chi connectivity index (χ0v) is 21.8. The van der Waals surface area contributed by atoms with Crippen molar-refractivity contribution in [1.82, 2.24) is 14.7 Å². The van der Waals surface area contributed by atoms with Crippen molar-refractivity contribution < 1.29 is 14.3 Å². The van der Waals surface area contributed by atoms with Crippen LogP contribution in [0.4, 0.5) is 4.79 Å². The van der Waals surface area contributed by atoms with E-state index in [1.54, 1.807) is 4.90 Å². The van der Waals surface area contributed by atoms with Gasteiger partial charge in [-0.3, -0.25) is 4.79 Å². The summed E-state index contributed by atoms with van der Waals surface area (Å²) in [5.41, 5.74) is 3.79. The number of carbonyl (C=O) groups excluding carboxylic acids is 2. The lowest BCUT2D eigenvalue weighted by Crippen LogP contribution is -2.50. The van der Waals surface area contributed by atoms with E-state index in [2.05, 4.69) is 48.2 Å². The van der Waals surface area contributed by atoms with Gasteiger partial charge in [-0.2, -0.15) is 0 Å². The van der Waals surface area contributed by atoms with Crippen LogP contribution < -0.4 is 0 Å². The second kappa shape index (κ2) is 10.4. The van der Waals surface area contributed by atoms with Gasteiger partial charge in [0.15, 0.2) is 0 Å². The standard InChI is InChI=1S/C29H39N3O3/c1-29(2,3)35-28(34)31-18-16-26(17-19-31)32(25-14-15-25)27(33)24-12-10-23(11-13-24)22-8-6-21(7-9-22)20-30(4)5/h6-13,25-26H,14-20H2,1-5H3. The highest BCUT2D eigenvalue weighted by Gasteiger charge is 2.39. The van der Waals surface area contributed by atoms with Crippen molar-refractivity contribution >= 4 is 12.0 Å². The molecule has 0 radical (unpaired) electrons. The Hall–Kier alpha value is -2.86. The minimum absolute atomic E-state index is 0.107. The molecular weight excluding hydrogens is 438 g/mol. The third-order valence-electron chi connectivity index (χ3n) is 6.60. The molecule has 0 atom stereocenters.